The second-order valence-corrected chi connectivity index (χ2v) is 7.45. The van der Waals surface area contributed by atoms with Crippen molar-refractivity contribution in [3.8, 4) is 0 Å². The van der Waals surface area contributed by atoms with Crippen LogP contribution in [0.5, 0.6) is 0 Å². The number of hydrogen-bond acceptors (Lipinski definition) is 3. The molecule has 5 nitrogen and oxygen atoms in total. The third-order valence-corrected chi connectivity index (χ3v) is 5.46. The smallest absolute Gasteiger partial charge is 0.0666 e. The fourth-order valence-corrected chi connectivity index (χ4v) is 4.14. The number of nitrogens with zero attached hydrogens (tertiary/aromatic N) is 3. The summed E-state index contributed by atoms with van der Waals surface area (Å²) < 4.78 is 8.06. The monoisotopic (exact) mass is 360 g/mol. The maximum atomic E-state index is 5.92. The average molecular weight is 360 g/mol. The summed E-state index contributed by atoms with van der Waals surface area (Å²) in [4.78, 5) is 10.4. The van der Waals surface area contributed by atoms with Gasteiger partial charge in [0.05, 0.1) is 24.4 Å². The summed E-state index contributed by atoms with van der Waals surface area (Å²) >= 11 is 0. The molecule has 3 aromatic heterocycles. The second kappa shape index (κ2) is 7.18. The zero-order valence-corrected chi connectivity index (χ0v) is 15.3. The van der Waals surface area contributed by atoms with Gasteiger partial charge in [0.1, 0.15) is 0 Å². The Bertz CT molecular complexity index is 1050. The van der Waals surface area contributed by atoms with Crippen molar-refractivity contribution in [2.75, 3.05) is 26.3 Å². The quantitative estimate of drug-likeness (QED) is 0.606. The lowest BCUT2D eigenvalue weighted by molar-refractivity contribution is 0.121. The molecule has 5 rings (SSSR count). The van der Waals surface area contributed by atoms with Gasteiger partial charge in [0, 0.05) is 55.9 Å². The molecular formula is C22H24N4O. The Morgan fingerprint density at radius 3 is 3.19 bits per heavy atom. The van der Waals surface area contributed by atoms with Gasteiger partial charge in [0.2, 0.25) is 0 Å². The second-order valence-electron chi connectivity index (χ2n) is 7.45. The summed E-state index contributed by atoms with van der Waals surface area (Å²) in [7, 11) is 0. The molecule has 138 valence electrons. The van der Waals surface area contributed by atoms with Crippen LogP contribution in [0.3, 0.4) is 0 Å². The average Bonchev–Trinajstić information content (AvgIpc) is 3.29. The number of benzene rings is 1. The normalized spacial score (nSPS) is 18.9. The Balaban J connectivity index is 1.32. The van der Waals surface area contributed by atoms with Crippen molar-refractivity contribution in [2.45, 2.75) is 13.0 Å². The topological polar surface area (TPSA) is 45.6 Å². The third-order valence-electron chi connectivity index (χ3n) is 5.46. The molecule has 5 heteroatoms. The number of aromatic nitrogens is 3. The van der Waals surface area contributed by atoms with E-state index in [1.54, 1.807) is 0 Å². The number of nitrogens with one attached hydrogen (secondary N) is 1. The van der Waals surface area contributed by atoms with E-state index in [9.17, 15) is 0 Å². The Morgan fingerprint density at radius 2 is 2.19 bits per heavy atom. The summed E-state index contributed by atoms with van der Waals surface area (Å²) in [6, 6.07) is 13.0. The maximum absolute atomic E-state index is 5.92. The predicted molar refractivity (Wildman–Crippen MR) is 107 cm³/mol. The highest BCUT2D eigenvalue weighted by atomic mass is 16.5. The van der Waals surface area contributed by atoms with Gasteiger partial charge in [-0.2, -0.15) is 0 Å². The van der Waals surface area contributed by atoms with E-state index in [4.69, 9.17) is 4.74 Å². The molecule has 4 heterocycles. The van der Waals surface area contributed by atoms with E-state index in [2.05, 4.69) is 61.9 Å². The van der Waals surface area contributed by atoms with E-state index in [0.29, 0.717) is 5.92 Å². The first kappa shape index (κ1) is 16.5. The van der Waals surface area contributed by atoms with Crippen LogP contribution in [-0.4, -0.2) is 45.6 Å². The predicted octanol–water partition coefficient (Wildman–Crippen LogP) is 3.51. The molecular weight excluding hydrogens is 336 g/mol. The summed E-state index contributed by atoms with van der Waals surface area (Å²) in [5, 5.41) is 1.28. The van der Waals surface area contributed by atoms with E-state index < -0.39 is 0 Å². The van der Waals surface area contributed by atoms with Crippen LogP contribution in [0.4, 0.5) is 0 Å². The standard InChI is InChI=1S/C22H24N4O/c1-2-22-21(24-7-9-26(22)8-1)13-18-15-25(10-11-27-16-18)14-17-3-4-20-19(12-17)5-6-23-20/h1-9,12,18,23H,10-11,13-16H2. The van der Waals surface area contributed by atoms with Crippen molar-refractivity contribution in [3.63, 3.8) is 0 Å². The fraction of sp³-hybridized carbons (Fsp3) is 0.318. The summed E-state index contributed by atoms with van der Waals surface area (Å²) in [6.45, 7) is 4.57. The van der Waals surface area contributed by atoms with E-state index in [-0.39, 0.29) is 0 Å². The zero-order chi connectivity index (χ0) is 18.1. The number of H-pyrrole nitrogens is 1. The van der Waals surface area contributed by atoms with Gasteiger partial charge >= 0.3 is 0 Å². The van der Waals surface area contributed by atoms with Crippen molar-refractivity contribution in [1.29, 1.82) is 0 Å². The van der Waals surface area contributed by atoms with Gasteiger partial charge in [-0.3, -0.25) is 9.88 Å². The van der Waals surface area contributed by atoms with Gasteiger partial charge in [-0.15, -0.1) is 0 Å². The van der Waals surface area contributed by atoms with Gasteiger partial charge in [-0.1, -0.05) is 6.07 Å². The molecule has 1 N–H and O–H groups in total. The first-order chi connectivity index (χ1) is 13.3. The first-order valence-corrected chi connectivity index (χ1v) is 9.62. The van der Waals surface area contributed by atoms with Gasteiger partial charge < -0.3 is 14.1 Å². The molecule has 1 unspecified atom stereocenters. The van der Waals surface area contributed by atoms with Crippen molar-refractivity contribution >= 4 is 16.4 Å². The SMILES string of the molecule is c1cc2c(CC3COCCN(Cc4ccc5[nH]ccc5c4)C3)nccn2c1. The minimum absolute atomic E-state index is 0.456. The molecule has 1 saturated heterocycles. The number of aromatic amines is 1. The third kappa shape index (κ3) is 3.48. The van der Waals surface area contributed by atoms with Crippen LogP contribution in [0.2, 0.25) is 0 Å². The van der Waals surface area contributed by atoms with Gasteiger partial charge in [0.15, 0.2) is 0 Å². The maximum Gasteiger partial charge on any atom is 0.0666 e. The van der Waals surface area contributed by atoms with Crippen molar-refractivity contribution < 1.29 is 4.74 Å². The van der Waals surface area contributed by atoms with Crippen LogP contribution in [-0.2, 0) is 17.7 Å². The minimum Gasteiger partial charge on any atom is -0.380 e. The Kier molecular flexibility index (Phi) is 4.40. The van der Waals surface area contributed by atoms with E-state index in [1.165, 1.54) is 22.0 Å². The summed E-state index contributed by atoms with van der Waals surface area (Å²) in [5.41, 5.74) is 4.91. The lowest BCUT2D eigenvalue weighted by Gasteiger charge is -2.23. The molecule has 4 aromatic rings. The number of rotatable bonds is 4. The van der Waals surface area contributed by atoms with Crippen molar-refractivity contribution in [3.05, 3.63) is 72.4 Å². The first-order valence-electron chi connectivity index (χ1n) is 9.62. The Labute approximate surface area is 158 Å². The van der Waals surface area contributed by atoms with E-state index in [1.807, 2.05) is 18.6 Å². The molecule has 1 aromatic carbocycles. The highest BCUT2D eigenvalue weighted by Crippen LogP contribution is 2.20. The molecule has 1 aliphatic rings. The molecule has 0 saturated carbocycles. The van der Waals surface area contributed by atoms with Crippen LogP contribution in [0.25, 0.3) is 16.4 Å². The lowest BCUT2D eigenvalue weighted by atomic mass is 10.0. The largest absolute Gasteiger partial charge is 0.380 e. The molecule has 0 radical (unpaired) electrons. The summed E-state index contributed by atoms with van der Waals surface area (Å²) in [6.07, 6.45) is 8.92. The van der Waals surface area contributed by atoms with Gasteiger partial charge in [-0.25, -0.2) is 0 Å². The molecule has 0 amide bonds. The van der Waals surface area contributed by atoms with Gasteiger partial charge in [-0.05, 0) is 47.7 Å². The van der Waals surface area contributed by atoms with E-state index >= 15 is 0 Å². The van der Waals surface area contributed by atoms with Crippen LogP contribution >= 0.6 is 0 Å². The highest BCUT2D eigenvalue weighted by molar-refractivity contribution is 5.79. The van der Waals surface area contributed by atoms with Crippen LogP contribution in [0.15, 0.2) is 61.2 Å². The Hall–Kier alpha value is -2.63. The molecule has 1 atom stereocenters. The number of fused-ring (bicyclic) bond motifs is 2. The fourth-order valence-electron chi connectivity index (χ4n) is 4.14. The van der Waals surface area contributed by atoms with Crippen molar-refractivity contribution in [1.82, 2.24) is 19.3 Å². The molecule has 1 fully saturated rings. The highest BCUT2D eigenvalue weighted by Gasteiger charge is 2.21. The number of ether oxygens (including phenoxy) is 1. The molecule has 0 aliphatic carbocycles. The van der Waals surface area contributed by atoms with Gasteiger partial charge in [0.25, 0.3) is 0 Å². The van der Waals surface area contributed by atoms with Crippen LogP contribution in [0, 0.1) is 5.92 Å². The van der Waals surface area contributed by atoms with Crippen molar-refractivity contribution in [2.24, 2.45) is 5.92 Å². The van der Waals surface area contributed by atoms with E-state index in [0.717, 1.165) is 45.0 Å². The molecule has 27 heavy (non-hydrogen) atoms. The molecule has 0 bridgehead atoms. The lowest BCUT2D eigenvalue weighted by Crippen LogP contribution is -2.30. The number of hydrogen-bond donors (Lipinski definition) is 1. The zero-order valence-electron chi connectivity index (χ0n) is 15.3. The van der Waals surface area contributed by atoms with Crippen LogP contribution in [0.1, 0.15) is 11.3 Å². The van der Waals surface area contributed by atoms with Crippen LogP contribution < -0.4 is 0 Å². The summed E-state index contributed by atoms with van der Waals surface area (Å²) in [5.74, 6) is 0.456. The minimum atomic E-state index is 0.456. The Morgan fingerprint density at radius 1 is 1.19 bits per heavy atom. The molecule has 1 aliphatic heterocycles. The molecule has 0 spiro atoms.